The van der Waals surface area contributed by atoms with Crippen LogP contribution in [0.5, 0.6) is 0 Å². The average Bonchev–Trinajstić information content (AvgIpc) is 2.65. The van der Waals surface area contributed by atoms with E-state index < -0.39 is 5.79 Å². The van der Waals surface area contributed by atoms with E-state index in [4.69, 9.17) is 14.2 Å². The Labute approximate surface area is 89.3 Å². The van der Waals surface area contributed by atoms with E-state index in [1.54, 1.807) is 4.90 Å². The molecule has 15 heavy (non-hydrogen) atoms. The van der Waals surface area contributed by atoms with Crippen molar-refractivity contribution in [2.45, 2.75) is 31.6 Å². The predicted octanol–water partition coefficient (Wildman–Crippen LogP) is 0.980. The third-order valence-corrected chi connectivity index (χ3v) is 3.09. The minimum atomic E-state index is -0.441. The van der Waals surface area contributed by atoms with Gasteiger partial charge in [-0.25, -0.2) is 4.79 Å². The van der Waals surface area contributed by atoms with Gasteiger partial charge in [0.25, 0.3) is 0 Å². The second-order valence-electron chi connectivity index (χ2n) is 4.07. The maximum atomic E-state index is 11.4. The van der Waals surface area contributed by atoms with Crippen LogP contribution in [0, 0.1) is 0 Å². The van der Waals surface area contributed by atoms with Crippen molar-refractivity contribution >= 4 is 6.09 Å². The van der Waals surface area contributed by atoms with Gasteiger partial charge in [-0.05, 0) is 6.92 Å². The Hall–Kier alpha value is -0.810. The van der Waals surface area contributed by atoms with Crippen LogP contribution >= 0.6 is 0 Å². The molecule has 1 spiro atoms. The molecule has 2 rings (SSSR count). The first kappa shape index (κ1) is 10.7. The van der Waals surface area contributed by atoms with Crippen molar-refractivity contribution in [1.29, 1.82) is 0 Å². The number of likely N-dealkylation sites (tertiary alicyclic amines) is 1. The Balaban J connectivity index is 1.99. The zero-order valence-corrected chi connectivity index (χ0v) is 9.19. The van der Waals surface area contributed by atoms with Gasteiger partial charge in [0.15, 0.2) is 5.79 Å². The molecule has 0 N–H and O–H groups in total. The molecule has 5 nitrogen and oxygen atoms in total. The molecule has 0 aromatic carbocycles. The highest BCUT2D eigenvalue weighted by atomic mass is 16.7. The fourth-order valence-electron chi connectivity index (χ4n) is 2.32. The van der Waals surface area contributed by atoms with Gasteiger partial charge in [-0.3, -0.25) is 0 Å². The minimum absolute atomic E-state index is 0.101. The molecule has 0 bridgehead atoms. The van der Waals surface area contributed by atoms with Crippen molar-refractivity contribution in [3.63, 3.8) is 0 Å². The van der Waals surface area contributed by atoms with Crippen LogP contribution < -0.4 is 0 Å². The molecule has 2 heterocycles. The molecular formula is C10H17NO4. The third-order valence-electron chi connectivity index (χ3n) is 3.09. The summed E-state index contributed by atoms with van der Waals surface area (Å²) in [5, 5.41) is 0. The van der Waals surface area contributed by atoms with Crippen molar-refractivity contribution < 1.29 is 19.0 Å². The summed E-state index contributed by atoms with van der Waals surface area (Å²) in [6.07, 6.45) is 1.18. The number of carbonyl (C=O) groups is 1. The predicted molar refractivity (Wildman–Crippen MR) is 52.4 cm³/mol. The first-order valence-electron chi connectivity index (χ1n) is 5.29. The van der Waals surface area contributed by atoms with Crippen LogP contribution in [-0.4, -0.2) is 49.7 Å². The Morgan fingerprint density at radius 1 is 1.47 bits per heavy atom. The van der Waals surface area contributed by atoms with E-state index in [0.29, 0.717) is 19.8 Å². The molecule has 0 aromatic heterocycles. The number of carbonyl (C=O) groups excluding carboxylic acids is 1. The normalized spacial score (nSPS) is 29.5. The molecule has 1 atom stereocenters. The average molecular weight is 215 g/mol. The van der Waals surface area contributed by atoms with E-state index in [1.807, 2.05) is 6.92 Å². The van der Waals surface area contributed by atoms with E-state index in [1.165, 1.54) is 7.11 Å². The topological polar surface area (TPSA) is 48.0 Å². The molecular weight excluding hydrogens is 198 g/mol. The van der Waals surface area contributed by atoms with Gasteiger partial charge < -0.3 is 19.1 Å². The minimum Gasteiger partial charge on any atom is -0.453 e. The summed E-state index contributed by atoms with van der Waals surface area (Å²) in [6, 6.07) is 0.101. The van der Waals surface area contributed by atoms with E-state index >= 15 is 0 Å². The van der Waals surface area contributed by atoms with E-state index in [9.17, 15) is 4.79 Å². The summed E-state index contributed by atoms with van der Waals surface area (Å²) in [5.74, 6) is -0.441. The molecule has 1 amide bonds. The number of nitrogens with zero attached hydrogens (tertiary/aromatic N) is 1. The standard InChI is InChI=1S/C10H17NO4/c1-8-7-10(14-5-6-15-10)3-4-11(8)9(12)13-2/h8H,3-7H2,1-2H3/t8-/m0/s1. The number of amides is 1. The second-order valence-corrected chi connectivity index (χ2v) is 4.07. The molecule has 2 aliphatic rings. The van der Waals surface area contributed by atoms with Gasteiger partial charge >= 0.3 is 6.09 Å². The number of methoxy groups -OCH3 is 1. The van der Waals surface area contributed by atoms with Crippen molar-refractivity contribution in [3.05, 3.63) is 0 Å². The number of hydrogen-bond donors (Lipinski definition) is 0. The Morgan fingerprint density at radius 3 is 2.67 bits per heavy atom. The number of piperidine rings is 1. The maximum absolute atomic E-state index is 11.4. The summed E-state index contributed by atoms with van der Waals surface area (Å²) in [6.45, 7) is 3.94. The molecule has 0 aliphatic carbocycles. The quantitative estimate of drug-likeness (QED) is 0.604. The fourth-order valence-corrected chi connectivity index (χ4v) is 2.32. The molecule has 0 saturated carbocycles. The fraction of sp³-hybridized carbons (Fsp3) is 0.900. The number of hydrogen-bond acceptors (Lipinski definition) is 4. The van der Waals surface area contributed by atoms with Crippen LogP contribution in [0.15, 0.2) is 0 Å². The summed E-state index contributed by atoms with van der Waals surface area (Å²) in [7, 11) is 1.40. The third kappa shape index (κ3) is 1.94. The van der Waals surface area contributed by atoms with Crippen LogP contribution in [0.25, 0.3) is 0 Å². The van der Waals surface area contributed by atoms with Crippen molar-refractivity contribution in [1.82, 2.24) is 4.90 Å². The zero-order chi connectivity index (χ0) is 10.9. The summed E-state index contributed by atoms with van der Waals surface area (Å²) in [4.78, 5) is 13.1. The number of rotatable bonds is 0. The molecule has 0 radical (unpaired) electrons. The molecule has 86 valence electrons. The van der Waals surface area contributed by atoms with Gasteiger partial charge in [0.2, 0.25) is 0 Å². The van der Waals surface area contributed by atoms with Gasteiger partial charge in [0.05, 0.1) is 20.3 Å². The SMILES string of the molecule is COC(=O)N1CCC2(C[C@@H]1C)OCCO2. The lowest BCUT2D eigenvalue weighted by molar-refractivity contribution is -0.191. The number of ether oxygens (including phenoxy) is 3. The zero-order valence-electron chi connectivity index (χ0n) is 9.19. The lowest BCUT2D eigenvalue weighted by Gasteiger charge is -2.41. The molecule has 0 unspecified atom stereocenters. The van der Waals surface area contributed by atoms with E-state index in [0.717, 1.165) is 12.8 Å². The molecule has 5 heteroatoms. The van der Waals surface area contributed by atoms with Crippen LogP contribution in [-0.2, 0) is 14.2 Å². The lowest BCUT2D eigenvalue weighted by Crippen LogP contribution is -2.52. The summed E-state index contributed by atoms with van der Waals surface area (Å²) >= 11 is 0. The molecule has 2 saturated heterocycles. The van der Waals surface area contributed by atoms with Crippen molar-refractivity contribution in [2.24, 2.45) is 0 Å². The van der Waals surface area contributed by atoms with Crippen molar-refractivity contribution in [2.75, 3.05) is 26.9 Å². The molecule has 0 aromatic rings. The second kappa shape index (κ2) is 3.98. The largest absolute Gasteiger partial charge is 0.453 e. The Bertz CT molecular complexity index is 250. The molecule has 2 aliphatic heterocycles. The monoisotopic (exact) mass is 215 g/mol. The van der Waals surface area contributed by atoms with Crippen molar-refractivity contribution in [3.8, 4) is 0 Å². The Morgan fingerprint density at radius 2 is 2.13 bits per heavy atom. The summed E-state index contributed by atoms with van der Waals surface area (Å²) < 4.78 is 15.9. The maximum Gasteiger partial charge on any atom is 0.409 e. The van der Waals surface area contributed by atoms with Gasteiger partial charge in [0.1, 0.15) is 0 Å². The Kier molecular flexibility index (Phi) is 2.84. The van der Waals surface area contributed by atoms with Crippen LogP contribution in [0.3, 0.4) is 0 Å². The lowest BCUT2D eigenvalue weighted by atomic mass is 9.97. The highest BCUT2D eigenvalue weighted by molar-refractivity contribution is 5.67. The van der Waals surface area contributed by atoms with E-state index in [2.05, 4.69) is 0 Å². The van der Waals surface area contributed by atoms with Gasteiger partial charge in [-0.1, -0.05) is 0 Å². The summed E-state index contributed by atoms with van der Waals surface area (Å²) in [5.41, 5.74) is 0. The van der Waals surface area contributed by atoms with E-state index in [-0.39, 0.29) is 12.1 Å². The van der Waals surface area contributed by atoms with Gasteiger partial charge in [-0.15, -0.1) is 0 Å². The van der Waals surface area contributed by atoms with Crippen LogP contribution in [0.1, 0.15) is 19.8 Å². The highest BCUT2D eigenvalue weighted by Gasteiger charge is 2.44. The first-order valence-corrected chi connectivity index (χ1v) is 5.29. The smallest absolute Gasteiger partial charge is 0.409 e. The van der Waals surface area contributed by atoms with Gasteiger partial charge in [0, 0.05) is 25.4 Å². The highest BCUT2D eigenvalue weighted by Crippen LogP contribution is 2.34. The van der Waals surface area contributed by atoms with Gasteiger partial charge in [-0.2, -0.15) is 0 Å². The van der Waals surface area contributed by atoms with Crippen LogP contribution in [0.4, 0.5) is 4.79 Å². The van der Waals surface area contributed by atoms with Crippen LogP contribution in [0.2, 0.25) is 0 Å². The molecule has 2 fully saturated rings. The first-order chi connectivity index (χ1) is 7.17.